The number of ether oxygens (including phenoxy) is 1. The van der Waals surface area contributed by atoms with Gasteiger partial charge in [-0.1, -0.05) is 31.0 Å². The van der Waals surface area contributed by atoms with E-state index in [-0.39, 0.29) is 11.4 Å². The van der Waals surface area contributed by atoms with E-state index in [0.717, 1.165) is 18.4 Å². The molecule has 0 heterocycles. The van der Waals surface area contributed by atoms with E-state index in [2.05, 4.69) is 6.92 Å². The second-order valence-corrected chi connectivity index (χ2v) is 5.94. The second kappa shape index (κ2) is 5.41. The van der Waals surface area contributed by atoms with Crippen LogP contribution < -0.4 is 5.73 Å². The number of nitrogens with two attached hydrogens (primary N) is 1. The Morgan fingerprint density at radius 2 is 2.21 bits per heavy atom. The lowest BCUT2D eigenvalue weighted by molar-refractivity contribution is -0.143. The molecule has 1 unspecified atom stereocenters. The molecule has 0 bridgehead atoms. The van der Waals surface area contributed by atoms with Crippen molar-refractivity contribution >= 4 is 23.3 Å². The number of nitrogen functional groups attached to an aromatic ring is 1. The first-order valence-electron chi connectivity index (χ1n) is 6.59. The average molecular weight is 282 g/mol. The summed E-state index contributed by atoms with van der Waals surface area (Å²) >= 11 is 5.97. The molecule has 0 spiro atoms. The molecular weight excluding hydrogens is 262 g/mol. The Labute approximate surface area is 119 Å². The van der Waals surface area contributed by atoms with Crippen LogP contribution in [0, 0.1) is 5.92 Å². The fourth-order valence-corrected chi connectivity index (χ4v) is 2.92. The highest BCUT2D eigenvalue weighted by molar-refractivity contribution is 6.33. The molecule has 1 aromatic carbocycles. The van der Waals surface area contributed by atoms with Gasteiger partial charge in [0, 0.05) is 5.41 Å². The Balaban J connectivity index is 2.35. The van der Waals surface area contributed by atoms with Crippen molar-refractivity contribution < 1.29 is 9.53 Å². The van der Waals surface area contributed by atoms with Crippen LogP contribution in [-0.4, -0.2) is 13.1 Å². The molecule has 4 heteroatoms. The maximum atomic E-state index is 11.7. The van der Waals surface area contributed by atoms with E-state index in [1.807, 2.05) is 12.1 Å². The van der Waals surface area contributed by atoms with Crippen molar-refractivity contribution in [1.82, 2.24) is 0 Å². The van der Waals surface area contributed by atoms with Gasteiger partial charge in [0.2, 0.25) is 0 Å². The van der Waals surface area contributed by atoms with E-state index in [4.69, 9.17) is 22.1 Å². The molecule has 104 valence electrons. The lowest BCUT2D eigenvalue weighted by Crippen LogP contribution is -2.38. The van der Waals surface area contributed by atoms with Crippen LogP contribution in [0.15, 0.2) is 18.2 Å². The number of benzene rings is 1. The standard InChI is InChI=1S/C15H20ClNO2/c1-15(9-14(18)19-2,10-4-3-5-10)11-6-7-12(16)13(17)8-11/h6-8,10H,3-5,9,17H2,1-2H3. The number of hydrogen-bond donors (Lipinski definition) is 1. The lowest BCUT2D eigenvalue weighted by Gasteiger charge is -2.43. The topological polar surface area (TPSA) is 52.3 Å². The first-order valence-corrected chi connectivity index (χ1v) is 6.97. The molecule has 0 aliphatic heterocycles. The van der Waals surface area contributed by atoms with Crippen LogP contribution in [0.2, 0.25) is 5.02 Å². The van der Waals surface area contributed by atoms with Gasteiger partial charge < -0.3 is 10.5 Å². The molecule has 1 saturated carbocycles. The molecule has 0 radical (unpaired) electrons. The quantitative estimate of drug-likeness (QED) is 0.678. The molecule has 1 aliphatic rings. The molecule has 1 fully saturated rings. The minimum atomic E-state index is -0.218. The minimum Gasteiger partial charge on any atom is -0.469 e. The van der Waals surface area contributed by atoms with E-state index in [9.17, 15) is 4.79 Å². The Morgan fingerprint density at radius 3 is 2.68 bits per heavy atom. The smallest absolute Gasteiger partial charge is 0.306 e. The molecule has 0 aromatic heterocycles. The van der Waals surface area contributed by atoms with Crippen LogP contribution in [0.1, 0.15) is 38.2 Å². The van der Waals surface area contributed by atoms with E-state index in [0.29, 0.717) is 23.0 Å². The number of rotatable bonds is 4. The third kappa shape index (κ3) is 2.71. The van der Waals surface area contributed by atoms with E-state index in [1.165, 1.54) is 13.5 Å². The summed E-state index contributed by atoms with van der Waals surface area (Å²) in [5.74, 6) is 0.329. The van der Waals surface area contributed by atoms with Gasteiger partial charge in [-0.05, 0) is 36.5 Å². The van der Waals surface area contributed by atoms with Crippen LogP contribution in [0.25, 0.3) is 0 Å². The zero-order valence-electron chi connectivity index (χ0n) is 11.4. The normalized spacial score (nSPS) is 18.5. The van der Waals surface area contributed by atoms with Crippen LogP contribution in [0.4, 0.5) is 5.69 Å². The van der Waals surface area contributed by atoms with Gasteiger partial charge in [0.1, 0.15) is 0 Å². The van der Waals surface area contributed by atoms with Crippen molar-refractivity contribution in [2.45, 2.75) is 38.0 Å². The number of carbonyl (C=O) groups excluding carboxylic acids is 1. The maximum absolute atomic E-state index is 11.7. The van der Waals surface area contributed by atoms with Gasteiger partial charge in [0.05, 0.1) is 24.2 Å². The number of anilines is 1. The predicted octanol–water partition coefficient (Wildman–Crippen LogP) is 3.54. The SMILES string of the molecule is COC(=O)CC(C)(c1ccc(Cl)c(N)c1)C1CCC1. The highest BCUT2D eigenvalue weighted by Crippen LogP contribution is 2.47. The van der Waals surface area contributed by atoms with Gasteiger partial charge in [0.25, 0.3) is 0 Å². The number of hydrogen-bond acceptors (Lipinski definition) is 3. The first kappa shape index (κ1) is 14.2. The number of esters is 1. The summed E-state index contributed by atoms with van der Waals surface area (Å²) in [7, 11) is 1.43. The summed E-state index contributed by atoms with van der Waals surface area (Å²) in [4.78, 5) is 11.7. The first-order chi connectivity index (χ1) is 8.97. The summed E-state index contributed by atoms with van der Waals surface area (Å²) in [5, 5.41) is 0.553. The van der Waals surface area contributed by atoms with Gasteiger partial charge in [-0.25, -0.2) is 0 Å². The van der Waals surface area contributed by atoms with Gasteiger partial charge in [-0.2, -0.15) is 0 Å². The van der Waals surface area contributed by atoms with E-state index >= 15 is 0 Å². The molecule has 19 heavy (non-hydrogen) atoms. The molecule has 2 N–H and O–H groups in total. The molecular formula is C15H20ClNO2. The van der Waals surface area contributed by atoms with Crippen LogP contribution in [-0.2, 0) is 14.9 Å². The highest BCUT2D eigenvalue weighted by atomic mass is 35.5. The predicted molar refractivity (Wildman–Crippen MR) is 77.2 cm³/mol. The summed E-state index contributed by atoms with van der Waals surface area (Å²) in [6.45, 7) is 2.12. The largest absolute Gasteiger partial charge is 0.469 e. The van der Waals surface area contributed by atoms with Crippen LogP contribution >= 0.6 is 11.6 Å². The number of methoxy groups -OCH3 is 1. The van der Waals surface area contributed by atoms with Gasteiger partial charge in [-0.3, -0.25) is 4.79 Å². The number of halogens is 1. The third-order valence-electron chi connectivity index (χ3n) is 4.40. The number of carbonyl (C=O) groups is 1. The average Bonchev–Trinajstić information content (AvgIpc) is 2.30. The molecule has 1 aliphatic carbocycles. The van der Waals surface area contributed by atoms with E-state index in [1.54, 1.807) is 6.07 Å². The summed E-state index contributed by atoms with van der Waals surface area (Å²) in [6.07, 6.45) is 3.91. The molecule has 1 aromatic rings. The zero-order chi connectivity index (χ0) is 14.0. The summed E-state index contributed by atoms with van der Waals surface area (Å²) in [5.41, 5.74) is 7.31. The Morgan fingerprint density at radius 1 is 1.53 bits per heavy atom. The summed E-state index contributed by atoms with van der Waals surface area (Å²) < 4.78 is 4.84. The Kier molecular flexibility index (Phi) is 4.04. The Bertz CT molecular complexity index is 485. The van der Waals surface area contributed by atoms with E-state index < -0.39 is 0 Å². The van der Waals surface area contributed by atoms with Crippen molar-refractivity contribution in [3.05, 3.63) is 28.8 Å². The fourth-order valence-electron chi connectivity index (χ4n) is 2.80. The zero-order valence-corrected chi connectivity index (χ0v) is 12.2. The highest BCUT2D eigenvalue weighted by Gasteiger charge is 2.41. The molecule has 3 nitrogen and oxygen atoms in total. The second-order valence-electron chi connectivity index (χ2n) is 5.53. The molecule has 2 rings (SSSR count). The maximum Gasteiger partial charge on any atom is 0.306 e. The van der Waals surface area contributed by atoms with Crippen molar-refractivity contribution in [1.29, 1.82) is 0 Å². The van der Waals surface area contributed by atoms with Gasteiger partial charge >= 0.3 is 5.97 Å². The molecule has 0 saturated heterocycles. The van der Waals surface area contributed by atoms with Crippen molar-refractivity contribution in [2.24, 2.45) is 5.92 Å². The Hall–Kier alpha value is -1.22. The van der Waals surface area contributed by atoms with Crippen molar-refractivity contribution in [3.8, 4) is 0 Å². The van der Waals surface area contributed by atoms with Crippen molar-refractivity contribution in [2.75, 3.05) is 12.8 Å². The van der Waals surface area contributed by atoms with Gasteiger partial charge in [-0.15, -0.1) is 0 Å². The van der Waals surface area contributed by atoms with Crippen LogP contribution in [0.3, 0.4) is 0 Å². The van der Waals surface area contributed by atoms with Gasteiger partial charge in [0.15, 0.2) is 0 Å². The molecule has 1 atom stereocenters. The van der Waals surface area contributed by atoms with Crippen molar-refractivity contribution in [3.63, 3.8) is 0 Å². The fraction of sp³-hybridized carbons (Fsp3) is 0.533. The minimum absolute atomic E-state index is 0.178. The lowest BCUT2D eigenvalue weighted by atomic mass is 9.61. The monoisotopic (exact) mass is 281 g/mol. The molecule has 0 amide bonds. The van der Waals surface area contributed by atoms with Crippen LogP contribution in [0.5, 0.6) is 0 Å². The third-order valence-corrected chi connectivity index (χ3v) is 4.75. The summed E-state index contributed by atoms with van der Waals surface area (Å²) in [6, 6.07) is 5.67.